The minimum atomic E-state index is -0.649. The van der Waals surface area contributed by atoms with Gasteiger partial charge in [0.05, 0.1) is 0 Å². The minimum Gasteiger partial charge on any atom is -0.384 e. The van der Waals surface area contributed by atoms with Crippen molar-refractivity contribution in [2.45, 2.75) is 37.9 Å². The maximum atomic E-state index is 11.1. The smallest absolute Gasteiger partial charge is 0.104 e. The van der Waals surface area contributed by atoms with Gasteiger partial charge in [0.15, 0.2) is 0 Å². The number of aliphatic hydroxyl groups excluding tert-OH is 3. The van der Waals surface area contributed by atoms with Crippen LogP contribution in [0.3, 0.4) is 0 Å². The average Bonchev–Trinajstić information content (AvgIpc) is 3.29. The summed E-state index contributed by atoms with van der Waals surface area (Å²) >= 11 is 14.9. The van der Waals surface area contributed by atoms with Gasteiger partial charge in [0.2, 0.25) is 0 Å². The summed E-state index contributed by atoms with van der Waals surface area (Å²) in [5.74, 6) is 2.87. The molecule has 0 fully saturated rings. The lowest BCUT2D eigenvalue weighted by molar-refractivity contribution is 0.216. The van der Waals surface area contributed by atoms with E-state index in [0.717, 1.165) is 120 Å². The quantitative estimate of drug-likeness (QED) is 0.0323. The van der Waals surface area contributed by atoms with Crippen molar-refractivity contribution in [3.63, 3.8) is 0 Å². The van der Waals surface area contributed by atoms with Crippen LogP contribution in [0.5, 0.6) is 0 Å². The van der Waals surface area contributed by atoms with E-state index in [2.05, 4.69) is 114 Å². The molecule has 6 aromatic carbocycles. The lowest BCUT2D eigenvalue weighted by Crippen LogP contribution is -2.22. The minimum absolute atomic E-state index is 0.608. The first-order chi connectivity index (χ1) is 30.4. The van der Waals surface area contributed by atoms with Crippen molar-refractivity contribution >= 4 is 82.0 Å². The summed E-state index contributed by atoms with van der Waals surface area (Å²) in [6.07, 6.45) is -1.91. The molecule has 6 rings (SSSR count). The number of rotatable bonds is 21. The van der Waals surface area contributed by atoms with Crippen LogP contribution in [-0.4, -0.2) is 88.1 Å². The highest BCUT2D eigenvalue weighted by Crippen LogP contribution is 2.32. The van der Waals surface area contributed by atoms with Crippen molar-refractivity contribution in [3.05, 3.63) is 209 Å². The van der Waals surface area contributed by atoms with Crippen LogP contribution in [0.2, 0.25) is 0 Å². The zero-order valence-corrected chi connectivity index (χ0v) is 43.3. The van der Waals surface area contributed by atoms with E-state index in [-0.39, 0.29) is 0 Å². The van der Waals surface area contributed by atoms with Crippen LogP contribution in [-0.2, 0) is 19.6 Å². The van der Waals surface area contributed by atoms with Crippen LogP contribution >= 0.6 is 82.0 Å². The lowest BCUT2D eigenvalue weighted by atomic mass is 9.96. The van der Waals surface area contributed by atoms with Crippen LogP contribution in [0.25, 0.3) is 0 Å². The van der Waals surface area contributed by atoms with Gasteiger partial charge in [-0.2, -0.15) is 12.6 Å². The molecule has 0 radical (unpaired) electrons. The van der Waals surface area contributed by atoms with Crippen molar-refractivity contribution in [2.24, 2.45) is 0 Å². The van der Waals surface area contributed by atoms with E-state index in [1.165, 1.54) is 0 Å². The summed E-state index contributed by atoms with van der Waals surface area (Å²) in [6, 6.07) is 47.9. The predicted octanol–water partition coefficient (Wildman–Crippen LogP) is 12.2. The average molecular weight is 1100 g/mol. The maximum absolute atomic E-state index is 11.1. The van der Waals surface area contributed by atoms with Crippen LogP contribution in [0.1, 0.15) is 68.4 Å². The van der Waals surface area contributed by atoms with Crippen molar-refractivity contribution in [1.82, 2.24) is 14.7 Å². The van der Waals surface area contributed by atoms with Gasteiger partial charge in [-0.25, -0.2) is 0 Å². The van der Waals surface area contributed by atoms with Gasteiger partial charge in [0.1, 0.15) is 18.3 Å². The molecule has 6 nitrogen and oxygen atoms in total. The Morgan fingerprint density at radius 2 is 0.730 bits per heavy atom. The lowest BCUT2D eigenvalue weighted by Gasteiger charge is -2.22. The van der Waals surface area contributed by atoms with E-state index in [0.29, 0.717) is 0 Å². The number of benzene rings is 6. The van der Waals surface area contributed by atoms with Gasteiger partial charge < -0.3 is 30.0 Å². The van der Waals surface area contributed by atoms with Gasteiger partial charge in [-0.1, -0.05) is 179 Å². The Balaban J connectivity index is 0.000000298. The van der Waals surface area contributed by atoms with Gasteiger partial charge in [0, 0.05) is 69.9 Å². The molecule has 12 heteroatoms. The van der Waals surface area contributed by atoms with Crippen molar-refractivity contribution < 1.29 is 15.3 Å². The van der Waals surface area contributed by atoms with Gasteiger partial charge in [-0.3, -0.25) is 0 Å². The molecule has 3 unspecified atom stereocenters. The normalized spacial score (nSPS) is 12.9. The number of nitrogens with zero attached hydrogens (tertiary/aromatic N) is 3. The highest BCUT2D eigenvalue weighted by molar-refractivity contribution is 9.11. The Morgan fingerprint density at radius 3 is 1.02 bits per heavy atom. The number of aliphatic hydroxyl groups is 3. The molecule has 0 saturated carbocycles. The third-order valence-corrected chi connectivity index (χ3v) is 14.6. The fraction of sp³-hybridized carbons (Fsp3) is 0.294. The summed E-state index contributed by atoms with van der Waals surface area (Å²) in [4.78, 5) is 6.84. The van der Waals surface area contributed by atoms with E-state index < -0.39 is 18.3 Å². The summed E-state index contributed by atoms with van der Waals surface area (Å²) in [5.41, 5.74) is 8.96. The van der Waals surface area contributed by atoms with E-state index in [1.54, 1.807) is 0 Å². The van der Waals surface area contributed by atoms with Crippen LogP contribution in [0.15, 0.2) is 159 Å². The number of hydrogen-bond donors (Lipinski definition) is 4. The van der Waals surface area contributed by atoms with Gasteiger partial charge in [-0.15, -0.1) is 0 Å². The summed E-state index contributed by atoms with van der Waals surface area (Å²) in [7, 11) is 10.1. The number of halogens is 3. The second-order valence-corrected chi connectivity index (χ2v) is 21.4. The first-order valence-corrected chi connectivity index (χ1v) is 26.4. The topological polar surface area (TPSA) is 70.4 Å². The summed E-state index contributed by atoms with van der Waals surface area (Å²) in [6.45, 7) is 5.21. The van der Waals surface area contributed by atoms with Crippen LogP contribution < -0.4 is 0 Å². The molecule has 3 N–H and O–H groups in total. The van der Waals surface area contributed by atoms with Crippen molar-refractivity contribution in [3.8, 4) is 0 Å². The zero-order chi connectivity index (χ0) is 45.1. The molecule has 0 spiro atoms. The fourth-order valence-electron chi connectivity index (χ4n) is 7.12. The van der Waals surface area contributed by atoms with Crippen molar-refractivity contribution in [2.75, 3.05) is 58.0 Å². The predicted molar refractivity (Wildman–Crippen MR) is 282 cm³/mol. The Hall–Kier alpha value is -2.43. The SMILES string of the molecule is CN(CCS)Cc1ccc(Br)cc1C(O)c1ccccc1.CN(CCSSCCN(C)Cc1ccc(Br)cc1C(O)c1ccccc1)Cc1ccc(Br)cc1C(O)c1ccccc1. The van der Waals surface area contributed by atoms with Crippen molar-refractivity contribution in [1.29, 1.82) is 0 Å². The molecular formula is C51H58Br3N3O3S3. The number of thiol groups is 1. The maximum Gasteiger partial charge on any atom is 0.104 e. The Morgan fingerprint density at radius 1 is 0.444 bits per heavy atom. The second kappa shape index (κ2) is 27.3. The monoisotopic (exact) mass is 1090 g/mol. The first-order valence-electron chi connectivity index (χ1n) is 20.9. The van der Waals surface area contributed by atoms with Gasteiger partial charge in [0.25, 0.3) is 0 Å². The van der Waals surface area contributed by atoms with Crippen LogP contribution in [0.4, 0.5) is 0 Å². The van der Waals surface area contributed by atoms with E-state index in [1.807, 2.05) is 149 Å². The molecule has 334 valence electrons. The molecule has 0 saturated heterocycles. The molecule has 0 aliphatic rings. The van der Waals surface area contributed by atoms with E-state index in [9.17, 15) is 15.3 Å². The first kappa shape index (κ1) is 51.6. The highest BCUT2D eigenvalue weighted by atomic mass is 79.9. The van der Waals surface area contributed by atoms with E-state index >= 15 is 0 Å². The molecule has 3 atom stereocenters. The molecule has 6 aromatic rings. The third-order valence-electron chi connectivity index (χ3n) is 10.6. The van der Waals surface area contributed by atoms with Crippen LogP contribution in [0, 0.1) is 0 Å². The standard InChI is InChI=1S/C34H38Br2N2O2S2.C17H20BrNOS/c1-37(23-27-13-15-29(35)21-31(27)33(39)25-9-5-3-6-10-25)17-19-41-42-20-18-38(2)24-28-14-16-30(36)22-32(28)34(40)26-11-7-4-8-12-26;1-19(9-10-21)12-14-7-8-15(18)11-16(14)17(20)13-5-3-2-4-6-13/h3-16,21-22,33-34,39-40H,17-20,23-24H2,1-2H3;2-8,11,17,20-21H,9-10,12H2,1H3. The molecule has 0 aliphatic heterocycles. The van der Waals surface area contributed by atoms with Gasteiger partial charge in [-0.05, 0) is 108 Å². The van der Waals surface area contributed by atoms with E-state index in [4.69, 9.17) is 0 Å². The summed E-state index contributed by atoms with van der Waals surface area (Å²) in [5, 5.41) is 32.8. The Kier molecular flexibility index (Phi) is 22.3. The third kappa shape index (κ3) is 16.7. The van der Waals surface area contributed by atoms with Gasteiger partial charge >= 0.3 is 0 Å². The molecule has 0 heterocycles. The Bertz CT molecular complexity index is 2160. The molecule has 0 aliphatic carbocycles. The number of hydrogen-bond acceptors (Lipinski definition) is 9. The Labute approximate surface area is 413 Å². The molecular weight excluding hydrogens is 1040 g/mol. The fourth-order valence-corrected chi connectivity index (χ4v) is 10.8. The molecule has 63 heavy (non-hydrogen) atoms. The largest absolute Gasteiger partial charge is 0.384 e. The molecule has 0 aromatic heterocycles. The summed E-state index contributed by atoms with van der Waals surface area (Å²) < 4.78 is 2.92. The second-order valence-electron chi connectivity index (χ2n) is 15.5. The zero-order valence-electron chi connectivity index (χ0n) is 36.0. The highest BCUT2D eigenvalue weighted by Gasteiger charge is 2.19. The molecule has 0 amide bonds. The molecule has 0 bridgehead atoms.